The molecule has 1 amide bonds. The van der Waals surface area contributed by atoms with E-state index in [0.29, 0.717) is 21.2 Å². The van der Waals surface area contributed by atoms with Gasteiger partial charge in [-0.3, -0.25) is 9.59 Å². The minimum atomic E-state index is -1.15. The number of fused-ring (bicyclic) bond motifs is 1. The predicted octanol–water partition coefficient (Wildman–Crippen LogP) is 5.27. The summed E-state index contributed by atoms with van der Waals surface area (Å²) >= 11 is 7.39. The third kappa shape index (κ3) is 4.01. The normalized spacial score (nSPS) is 12.4. The first kappa shape index (κ1) is 20.3. The fourth-order valence-corrected chi connectivity index (χ4v) is 5.25. The van der Waals surface area contributed by atoms with Gasteiger partial charge in [0.1, 0.15) is 0 Å². The molecule has 0 bridgehead atoms. The van der Waals surface area contributed by atoms with Gasteiger partial charge in [0.05, 0.1) is 11.1 Å². The van der Waals surface area contributed by atoms with Gasteiger partial charge in [0.25, 0.3) is 5.91 Å². The number of nitrogens with one attached hydrogen (secondary N) is 1. The maximum atomic E-state index is 13.1. The van der Waals surface area contributed by atoms with Gasteiger partial charge in [0.15, 0.2) is 5.78 Å². The number of aromatic carboxylic acids is 1. The Morgan fingerprint density at radius 1 is 1.00 bits per heavy atom. The first-order chi connectivity index (χ1) is 14.4. The van der Waals surface area contributed by atoms with Crippen LogP contribution in [0.2, 0.25) is 5.02 Å². The van der Waals surface area contributed by atoms with Crippen LogP contribution in [0, 0.1) is 0 Å². The third-order valence-corrected chi connectivity index (χ3v) is 6.65. The Kier molecular flexibility index (Phi) is 5.70. The molecule has 1 aromatic heterocycles. The smallest absolute Gasteiger partial charge is 0.336 e. The molecule has 0 unspecified atom stereocenters. The van der Waals surface area contributed by atoms with E-state index in [0.717, 1.165) is 29.7 Å². The SMILES string of the molecule is O=C(O)c1ccccc1C(=O)Cc1sc2c(c1C(=O)Nc1ccc(Cl)cc1)CCC2. The second kappa shape index (κ2) is 8.42. The number of carbonyl (C=O) groups is 3. The molecule has 0 aliphatic heterocycles. The molecule has 4 rings (SSSR count). The van der Waals surface area contributed by atoms with Crippen molar-refractivity contribution in [3.05, 3.63) is 85.6 Å². The largest absolute Gasteiger partial charge is 0.478 e. The van der Waals surface area contributed by atoms with Gasteiger partial charge >= 0.3 is 5.97 Å². The van der Waals surface area contributed by atoms with Gasteiger partial charge in [0.2, 0.25) is 0 Å². The van der Waals surface area contributed by atoms with Crippen molar-refractivity contribution in [3.8, 4) is 0 Å². The first-order valence-corrected chi connectivity index (χ1v) is 10.7. The van der Waals surface area contributed by atoms with E-state index in [9.17, 15) is 19.5 Å². The van der Waals surface area contributed by atoms with Crippen LogP contribution in [0.5, 0.6) is 0 Å². The number of carbonyl (C=O) groups excluding carboxylic acids is 2. The summed E-state index contributed by atoms with van der Waals surface area (Å²) in [6.45, 7) is 0. The van der Waals surface area contributed by atoms with Crippen molar-refractivity contribution in [2.75, 3.05) is 5.32 Å². The number of rotatable bonds is 6. The Balaban J connectivity index is 1.65. The molecule has 152 valence electrons. The maximum absolute atomic E-state index is 13.1. The van der Waals surface area contributed by atoms with Crippen molar-refractivity contribution in [3.63, 3.8) is 0 Å². The average molecular weight is 440 g/mol. The predicted molar refractivity (Wildman–Crippen MR) is 117 cm³/mol. The van der Waals surface area contributed by atoms with Crippen molar-refractivity contribution in [2.45, 2.75) is 25.7 Å². The molecule has 3 aromatic rings. The molecule has 0 atom stereocenters. The van der Waals surface area contributed by atoms with Crippen LogP contribution in [-0.2, 0) is 19.3 Å². The van der Waals surface area contributed by atoms with Crippen molar-refractivity contribution < 1.29 is 19.5 Å². The van der Waals surface area contributed by atoms with Gasteiger partial charge in [-0.1, -0.05) is 29.8 Å². The number of hydrogen-bond donors (Lipinski definition) is 2. The standard InChI is InChI=1S/C23H18ClNO4S/c24-13-8-10-14(11-9-13)25-22(27)21-17-6-3-7-19(17)30-20(21)12-18(26)15-4-1-2-5-16(15)23(28)29/h1-2,4-5,8-11H,3,6-7,12H2,(H,25,27)(H,28,29). The van der Waals surface area contributed by atoms with Crippen LogP contribution in [0.15, 0.2) is 48.5 Å². The molecule has 2 aromatic carbocycles. The maximum Gasteiger partial charge on any atom is 0.336 e. The summed E-state index contributed by atoms with van der Waals surface area (Å²) in [5.41, 5.74) is 2.29. The van der Waals surface area contributed by atoms with Crippen LogP contribution in [-0.4, -0.2) is 22.8 Å². The molecule has 1 aliphatic rings. The highest BCUT2D eigenvalue weighted by molar-refractivity contribution is 7.12. The lowest BCUT2D eigenvalue weighted by molar-refractivity contribution is 0.0691. The highest BCUT2D eigenvalue weighted by Crippen LogP contribution is 2.37. The minimum Gasteiger partial charge on any atom is -0.478 e. The van der Waals surface area contributed by atoms with Crippen LogP contribution >= 0.6 is 22.9 Å². The lowest BCUT2D eigenvalue weighted by Gasteiger charge is -2.09. The second-order valence-corrected chi connectivity index (χ2v) is 8.69. The molecular weight excluding hydrogens is 422 g/mol. The number of thiophene rings is 1. The van der Waals surface area contributed by atoms with E-state index in [4.69, 9.17) is 11.6 Å². The molecule has 0 fully saturated rings. The summed E-state index contributed by atoms with van der Waals surface area (Å²) in [5.74, 6) is -1.71. The Labute approximate surface area is 182 Å². The van der Waals surface area contributed by atoms with E-state index in [1.54, 1.807) is 36.4 Å². The summed E-state index contributed by atoms with van der Waals surface area (Å²) in [4.78, 5) is 39.3. The van der Waals surface area contributed by atoms with Crippen molar-refractivity contribution in [2.24, 2.45) is 0 Å². The molecule has 1 aliphatic carbocycles. The number of halogens is 1. The van der Waals surface area contributed by atoms with E-state index in [1.165, 1.54) is 23.5 Å². The van der Waals surface area contributed by atoms with Crippen molar-refractivity contribution in [1.82, 2.24) is 0 Å². The molecule has 0 saturated carbocycles. The lowest BCUT2D eigenvalue weighted by Crippen LogP contribution is -2.17. The van der Waals surface area contributed by atoms with E-state index in [2.05, 4.69) is 5.32 Å². The van der Waals surface area contributed by atoms with Gasteiger partial charge < -0.3 is 10.4 Å². The molecular formula is C23H18ClNO4S. The number of Topliss-reactive ketones (excluding diaryl/α,β-unsaturated/α-hetero) is 1. The second-order valence-electron chi connectivity index (χ2n) is 7.07. The number of aryl methyl sites for hydroxylation is 1. The van der Waals surface area contributed by atoms with Gasteiger partial charge in [-0.15, -0.1) is 11.3 Å². The van der Waals surface area contributed by atoms with Crippen molar-refractivity contribution >= 4 is 46.3 Å². The van der Waals surface area contributed by atoms with Gasteiger partial charge in [-0.2, -0.15) is 0 Å². The van der Waals surface area contributed by atoms with Crippen LogP contribution < -0.4 is 5.32 Å². The minimum absolute atomic E-state index is 0.00860. The Morgan fingerprint density at radius 3 is 2.40 bits per heavy atom. The summed E-state index contributed by atoms with van der Waals surface area (Å²) in [6, 6.07) is 13.0. The molecule has 30 heavy (non-hydrogen) atoms. The van der Waals surface area contributed by atoms with Crippen LogP contribution in [0.3, 0.4) is 0 Å². The fourth-order valence-electron chi connectivity index (χ4n) is 3.73. The van der Waals surface area contributed by atoms with E-state index >= 15 is 0 Å². The quantitative estimate of drug-likeness (QED) is 0.513. The van der Waals surface area contributed by atoms with Crippen molar-refractivity contribution in [1.29, 1.82) is 0 Å². The molecule has 7 heteroatoms. The topological polar surface area (TPSA) is 83.5 Å². The molecule has 0 radical (unpaired) electrons. The summed E-state index contributed by atoms with van der Waals surface area (Å²) < 4.78 is 0. The molecule has 5 nitrogen and oxygen atoms in total. The highest BCUT2D eigenvalue weighted by atomic mass is 35.5. The zero-order valence-corrected chi connectivity index (χ0v) is 17.5. The molecule has 0 spiro atoms. The first-order valence-electron chi connectivity index (χ1n) is 9.50. The van der Waals surface area contributed by atoms with Crippen LogP contribution in [0.25, 0.3) is 0 Å². The Hall–Kier alpha value is -2.96. The monoisotopic (exact) mass is 439 g/mol. The number of anilines is 1. The van der Waals surface area contributed by atoms with E-state index in [-0.39, 0.29) is 29.2 Å². The lowest BCUT2D eigenvalue weighted by atomic mass is 9.98. The van der Waals surface area contributed by atoms with E-state index in [1.807, 2.05) is 0 Å². The number of carboxylic acid groups (broad SMARTS) is 1. The number of ketones is 1. The summed E-state index contributed by atoms with van der Waals surface area (Å²) in [7, 11) is 0. The zero-order valence-electron chi connectivity index (χ0n) is 15.9. The highest BCUT2D eigenvalue weighted by Gasteiger charge is 2.28. The third-order valence-electron chi connectivity index (χ3n) is 5.10. The fraction of sp³-hybridized carbons (Fsp3) is 0.174. The number of benzene rings is 2. The van der Waals surface area contributed by atoms with Crippen LogP contribution in [0.1, 0.15) is 52.8 Å². The molecule has 1 heterocycles. The molecule has 0 saturated heterocycles. The van der Waals surface area contributed by atoms with E-state index < -0.39 is 5.97 Å². The Bertz CT molecular complexity index is 1150. The zero-order chi connectivity index (χ0) is 21.3. The van der Waals surface area contributed by atoms with Gasteiger partial charge in [0, 0.05) is 32.4 Å². The van der Waals surface area contributed by atoms with Gasteiger partial charge in [-0.25, -0.2) is 4.79 Å². The van der Waals surface area contributed by atoms with Gasteiger partial charge in [-0.05, 0) is 55.2 Å². The average Bonchev–Trinajstić information content (AvgIpc) is 3.30. The Morgan fingerprint density at radius 2 is 1.70 bits per heavy atom. The number of carboxylic acids is 1. The summed E-state index contributed by atoms with van der Waals surface area (Å²) in [5, 5.41) is 12.8. The number of amides is 1. The van der Waals surface area contributed by atoms with Crippen LogP contribution in [0.4, 0.5) is 5.69 Å². The summed E-state index contributed by atoms with van der Waals surface area (Å²) in [6.07, 6.45) is 2.67. The number of hydrogen-bond acceptors (Lipinski definition) is 4. The molecule has 2 N–H and O–H groups in total.